The molecule has 2 N–H and O–H groups in total. The van der Waals surface area contributed by atoms with Crippen molar-refractivity contribution in [1.82, 2.24) is 0 Å². The van der Waals surface area contributed by atoms with E-state index < -0.39 is 52.5 Å². The molecule has 6 nitrogen and oxygen atoms in total. The highest BCUT2D eigenvalue weighted by molar-refractivity contribution is 6.74. The smallest absolute Gasteiger partial charge is 0.416 e. The number of hydrogen-bond donors (Lipinski definition) is 2. The van der Waals surface area contributed by atoms with Crippen LogP contribution in [0.5, 0.6) is 5.75 Å². The van der Waals surface area contributed by atoms with Crippen LogP contribution in [0.1, 0.15) is 86.6 Å². The normalized spacial score (nSPS) is 22.7. The van der Waals surface area contributed by atoms with Gasteiger partial charge in [0.1, 0.15) is 12.4 Å². The molecule has 0 spiro atoms. The highest BCUT2D eigenvalue weighted by Crippen LogP contribution is 2.45. The van der Waals surface area contributed by atoms with Crippen molar-refractivity contribution in [3.8, 4) is 5.75 Å². The first-order chi connectivity index (χ1) is 22.3. The molecular weight excluding hydrogens is 666 g/mol. The number of aliphatic hydroxyl groups is 1. The van der Waals surface area contributed by atoms with Crippen LogP contribution >= 0.6 is 0 Å². The van der Waals surface area contributed by atoms with Gasteiger partial charge in [-0.1, -0.05) is 85.8 Å². The summed E-state index contributed by atoms with van der Waals surface area (Å²) < 4.78 is 59.8. The molecule has 0 saturated heterocycles. The molecule has 1 aromatic rings. The third kappa shape index (κ3) is 12.7. The van der Waals surface area contributed by atoms with Crippen LogP contribution in [0.4, 0.5) is 13.2 Å². The topological polar surface area (TPSA) is 85.2 Å². The quantitative estimate of drug-likeness (QED) is 0.130. The number of rotatable bonds is 16. The minimum Gasteiger partial charge on any atom is -0.491 e. The zero-order chi connectivity index (χ0) is 37.6. The van der Waals surface area contributed by atoms with Crippen LogP contribution < -0.4 is 4.74 Å². The van der Waals surface area contributed by atoms with E-state index in [0.717, 1.165) is 12.1 Å². The Kier molecular flexibility index (Phi) is 15.1. The zero-order valence-corrected chi connectivity index (χ0v) is 33.9. The van der Waals surface area contributed by atoms with Gasteiger partial charge in [-0.3, -0.25) is 4.79 Å². The maximum absolute atomic E-state index is 13.4. The van der Waals surface area contributed by atoms with Crippen LogP contribution in [0.25, 0.3) is 0 Å². The molecule has 0 amide bonds. The van der Waals surface area contributed by atoms with Gasteiger partial charge in [0.2, 0.25) is 0 Å². The fourth-order valence-corrected chi connectivity index (χ4v) is 8.25. The summed E-state index contributed by atoms with van der Waals surface area (Å²) in [5, 5.41) is 20.8. The number of carboxylic acid groups (broad SMARTS) is 1. The lowest BCUT2D eigenvalue weighted by Crippen LogP contribution is -2.45. The van der Waals surface area contributed by atoms with Gasteiger partial charge in [0, 0.05) is 5.92 Å². The summed E-state index contributed by atoms with van der Waals surface area (Å²) in [5.41, 5.74) is -0.772. The lowest BCUT2D eigenvalue weighted by Gasteiger charge is -2.40. The highest BCUT2D eigenvalue weighted by Gasteiger charge is 2.47. The molecule has 1 unspecified atom stereocenters. The fraction of sp³-hybridized carbons (Fsp3) is 0.711. The average Bonchev–Trinajstić information content (AvgIpc) is 3.22. The van der Waals surface area contributed by atoms with Gasteiger partial charge in [0.15, 0.2) is 16.6 Å². The number of carboxylic acids is 1. The first-order valence-corrected chi connectivity index (χ1v) is 23.5. The highest BCUT2D eigenvalue weighted by atomic mass is 28.4. The standard InChI is InChI=1S/C38H63F3O6Si2/c1-26(2)30(35(43)44)19-14-13-15-20-31-32(34(24-33(31)42)47-49(11,12)37(6,7)8)22-21-29(46-48(9,10)36(3,4)5)25-45-28-18-16-17-27(23-28)38(39,40)41/h13,15-18,21-23,26,29-34,42H,14,19-20,24-25H2,1-12H3,(H,43,44)/t29-,30?,31-,32-,33+,34-/m1/s1. The van der Waals surface area contributed by atoms with Gasteiger partial charge in [-0.25, -0.2) is 0 Å². The van der Waals surface area contributed by atoms with Crippen molar-refractivity contribution in [3.05, 3.63) is 54.1 Å². The Morgan fingerprint density at radius 2 is 1.61 bits per heavy atom. The predicted molar refractivity (Wildman–Crippen MR) is 197 cm³/mol. The van der Waals surface area contributed by atoms with Crippen molar-refractivity contribution in [2.45, 2.75) is 142 Å². The summed E-state index contributed by atoms with van der Waals surface area (Å²) in [6.45, 7) is 25.5. The van der Waals surface area contributed by atoms with Crippen molar-refractivity contribution in [2.24, 2.45) is 23.7 Å². The lowest BCUT2D eigenvalue weighted by molar-refractivity contribution is -0.143. The molecule has 0 bridgehead atoms. The molecule has 0 aliphatic heterocycles. The van der Waals surface area contributed by atoms with Crippen LogP contribution in [0.15, 0.2) is 48.6 Å². The zero-order valence-electron chi connectivity index (χ0n) is 31.9. The van der Waals surface area contributed by atoms with E-state index in [4.69, 9.17) is 13.6 Å². The second kappa shape index (κ2) is 17.1. The lowest BCUT2D eigenvalue weighted by atomic mass is 9.89. The van der Waals surface area contributed by atoms with Crippen LogP contribution in [-0.2, 0) is 19.8 Å². The Bertz CT molecular complexity index is 1260. The van der Waals surface area contributed by atoms with Crippen molar-refractivity contribution >= 4 is 22.6 Å². The molecule has 1 aliphatic carbocycles. The summed E-state index contributed by atoms with van der Waals surface area (Å²) in [6, 6.07) is 4.88. The summed E-state index contributed by atoms with van der Waals surface area (Å²) in [7, 11) is -4.54. The molecule has 0 aromatic heterocycles. The molecule has 49 heavy (non-hydrogen) atoms. The van der Waals surface area contributed by atoms with Gasteiger partial charge in [0.05, 0.1) is 29.8 Å². The second-order valence-corrected chi connectivity index (χ2v) is 26.6. The summed E-state index contributed by atoms with van der Waals surface area (Å²) >= 11 is 0. The summed E-state index contributed by atoms with van der Waals surface area (Å²) in [4.78, 5) is 11.6. The van der Waals surface area contributed by atoms with Crippen molar-refractivity contribution < 1.29 is 41.8 Å². The van der Waals surface area contributed by atoms with Gasteiger partial charge >= 0.3 is 12.1 Å². The molecule has 6 atom stereocenters. The maximum atomic E-state index is 13.4. The van der Waals surface area contributed by atoms with E-state index in [1.165, 1.54) is 12.1 Å². The number of aliphatic hydroxyl groups excluding tert-OH is 1. The molecule has 11 heteroatoms. The van der Waals surface area contributed by atoms with E-state index in [1.807, 2.05) is 32.1 Å². The van der Waals surface area contributed by atoms with E-state index in [9.17, 15) is 28.2 Å². The van der Waals surface area contributed by atoms with Gasteiger partial charge < -0.3 is 23.8 Å². The third-order valence-corrected chi connectivity index (χ3v) is 19.9. The van der Waals surface area contributed by atoms with Crippen LogP contribution in [0.2, 0.25) is 36.3 Å². The molecule has 0 radical (unpaired) electrons. The Morgan fingerprint density at radius 1 is 1.00 bits per heavy atom. The first kappa shape index (κ1) is 43.2. The van der Waals surface area contributed by atoms with E-state index in [1.54, 1.807) is 0 Å². The molecule has 1 fully saturated rings. The van der Waals surface area contributed by atoms with Gasteiger partial charge in [-0.2, -0.15) is 13.2 Å². The first-order valence-electron chi connectivity index (χ1n) is 17.7. The van der Waals surface area contributed by atoms with Gasteiger partial charge in [-0.15, -0.1) is 0 Å². The van der Waals surface area contributed by atoms with Crippen LogP contribution in [0.3, 0.4) is 0 Å². The number of benzene rings is 1. The number of aliphatic carboxylic acids is 1. The Balaban J connectivity index is 2.42. The fourth-order valence-electron chi connectivity index (χ4n) is 5.63. The Hall–Kier alpha value is -1.93. The minimum absolute atomic E-state index is 0.0263. The number of alkyl halides is 3. The van der Waals surface area contributed by atoms with E-state index in [-0.39, 0.29) is 46.3 Å². The number of allylic oxidation sites excluding steroid dienone is 2. The van der Waals surface area contributed by atoms with Crippen molar-refractivity contribution in [1.29, 1.82) is 0 Å². The van der Waals surface area contributed by atoms with Crippen LogP contribution in [0, 0.1) is 23.7 Å². The Labute approximate surface area is 295 Å². The predicted octanol–water partition coefficient (Wildman–Crippen LogP) is 10.5. The van der Waals surface area contributed by atoms with Crippen molar-refractivity contribution in [2.75, 3.05) is 6.61 Å². The Morgan fingerprint density at radius 3 is 2.14 bits per heavy atom. The molecule has 1 aromatic carbocycles. The number of carbonyl (C=O) groups is 1. The largest absolute Gasteiger partial charge is 0.491 e. The average molecular weight is 729 g/mol. The van der Waals surface area contributed by atoms with E-state index in [0.29, 0.717) is 25.7 Å². The molecule has 1 aliphatic rings. The second-order valence-electron chi connectivity index (χ2n) is 17.1. The summed E-state index contributed by atoms with van der Waals surface area (Å²) in [6.07, 6.45) is 4.52. The maximum Gasteiger partial charge on any atom is 0.416 e. The molecular formula is C38H63F3O6Si2. The molecule has 1 saturated carbocycles. The number of hydrogen-bond acceptors (Lipinski definition) is 5. The van der Waals surface area contributed by atoms with Gasteiger partial charge in [0.25, 0.3) is 0 Å². The SMILES string of the molecule is CC(C)C(CCC=CC[C@@H]1[C@@H](C=C[C@H](COc2cccc(C(F)(F)F)c2)O[Si](C)(C)C(C)(C)C)[C@H](O[Si](C)(C)C(C)(C)C)C[C@@H]1O)C(=O)O. The summed E-state index contributed by atoms with van der Waals surface area (Å²) in [5.74, 6) is -1.30. The number of ether oxygens (including phenoxy) is 1. The minimum atomic E-state index is -4.48. The monoisotopic (exact) mass is 728 g/mol. The van der Waals surface area contributed by atoms with E-state index >= 15 is 0 Å². The molecule has 280 valence electrons. The number of halogens is 3. The molecule has 0 heterocycles. The van der Waals surface area contributed by atoms with Gasteiger partial charge in [-0.05, 0) is 92.0 Å². The molecule has 2 rings (SSSR count). The van der Waals surface area contributed by atoms with Crippen LogP contribution in [-0.4, -0.2) is 57.7 Å². The van der Waals surface area contributed by atoms with E-state index in [2.05, 4.69) is 73.8 Å². The van der Waals surface area contributed by atoms with Crippen molar-refractivity contribution in [3.63, 3.8) is 0 Å². The third-order valence-electron chi connectivity index (χ3n) is 10.9.